The van der Waals surface area contributed by atoms with Gasteiger partial charge in [-0.15, -0.1) is 0 Å². The summed E-state index contributed by atoms with van der Waals surface area (Å²) in [7, 11) is 0. The van der Waals surface area contributed by atoms with Gasteiger partial charge in [0.05, 0.1) is 24.9 Å². The van der Waals surface area contributed by atoms with Crippen LogP contribution in [-0.4, -0.2) is 60.8 Å². The van der Waals surface area contributed by atoms with Crippen LogP contribution in [0.2, 0.25) is 0 Å². The molecule has 0 heterocycles. The zero-order chi connectivity index (χ0) is 106. The largest absolute Gasteiger partial charge is 0.508 e. The number of rotatable bonds is 35. The lowest BCUT2D eigenvalue weighted by atomic mass is 9.84. The average Bonchev–Trinajstić information content (AvgIpc) is 1.60. The van der Waals surface area contributed by atoms with Crippen LogP contribution in [0, 0.1) is 22.7 Å². The molecule has 2 fully saturated rings. The van der Waals surface area contributed by atoms with Gasteiger partial charge in [0.2, 0.25) is 25.2 Å². The number of ether oxygens (including phenoxy) is 9. The van der Waals surface area contributed by atoms with Crippen molar-refractivity contribution in [3.63, 3.8) is 0 Å². The van der Waals surface area contributed by atoms with Crippen LogP contribution >= 0.6 is 0 Å². The fourth-order valence-electron chi connectivity index (χ4n) is 18.7. The lowest BCUT2D eigenvalue weighted by Crippen LogP contribution is -2.36. The summed E-state index contributed by atoms with van der Waals surface area (Å²) in [6, 6.07) is 94.7. The minimum absolute atomic E-state index is 0.0233. The number of phenolic OH excluding ortho intramolecular Hbond substituents is 2. The SMILES string of the molecule is CC1c2cccc3cccc(c23)C1C.CCC(C)c1ccc(O)cc1.CCC(C)c1ccc(OC(OC(C)C)C(C)C)cc1.CCC(C)c1ccc(OC(OC(C)c2ccccc2)C(C)(C)C)cc1.CCC(C)c1ccc2cc(O)ccc2c1.CCC(C)c1ccc2cc(OC(OC3CCCCC3)C(C)C)ccc2c1.CCC(C)c1ccc2cc(OC(OCCOc3ccc(C4CCCCC4)cc3)C(C)(C)C)ccc2c1. The molecule has 0 bridgehead atoms. The maximum atomic E-state index is 9.35. The highest BCUT2D eigenvalue weighted by Crippen LogP contribution is 2.47. The van der Waals surface area contributed by atoms with Gasteiger partial charge in [-0.3, -0.25) is 0 Å². The van der Waals surface area contributed by atoms with Crippen molar-refractivity contribution in [2.45, 2.75) is 386 Å². The molecule has 13 atom stereocenters. The minimum atomic E-state index is -0.369. The van der Waals surface area contributed by atoms with Crippen molar-refractivity contribution in [1.29, 1.82) is 0 Å². The molecule has 13 aromatic carbocycles. The topological polar surface area (TPSA) is 124 Å². The molecule has 0 spiro atoms. The van der Waals surface area contributed by atoms with E-state index >= 15 is 0 Å². The summed E-state index contributed by atoms with van der Waals surface area (Å²) in [5.74, 6) is 11.3. The van der Waals surface area contributed by atoms with Crippen molar-refractivity contribution in [2.75, 3.05) is 13.2 Å². The van der Waals surface area contributed by atoms with Gasteiger partial charge < -0.3 is 52.8 Å². The molecule has 0 amide bonds. The van der Waals surface area contributed by atoms with Crippen LogP contribution in [-0.2, 0) is 18.9 Å². The average molecular weight is 1980 g/mol. The van der Waals surface area contributed by atoms with Gasteiger partial charge in [0.15, 0.2) is 0 Å². The van der Waals surface area contributed by atoms with Gasteiger partial charge >= 0.3 is 0 Å². The number of benzene rings is 13. The molecule has 2 N–H and O–H groups in total. The zero-order valence-corrected chi connectivity index (χ0v) is 94.2. The molecule has 146 heavy (non-hydrogen) atoms. The van der Waals surface area contributed by atoms with Gasteiger partial charge in [0.25, 0.3) is 0 Å². The van der Waals surface area contributed by atoms with Gasteiger partial charge in [0.1, 0.15) is 46.9 Å². The summed E-state index contributed by atoms with van der Waals surface area (Å²) in [4.78, 5) is 0. The highest BCUT2D eigenvalue weighted by molar-refractivity contribution is 5.92. The molecule has 11 heteroatoms. The predicted octanol–water partition coefficient (Wildman–Crippen LogP) is 39.1. The van der Waals surface area contributed by atoms with Gasteiger partial charge in [-0.25, -0.2) is 0 Å². The molecular weight excluding hydrogens is 1800 g/mol. The number of hydrogen-bond acceptors (Lipinski definition) is 11. The number of hydrogen-bond donors (Lipinski definition) is 2. The Bertz CT molecular complexity index is 5890. The van der Waals surface area contributed by atoms with Crippen LogP contribution in [0.25, 0.3) is 43.1 Å². The monoisotopic (exact) mass is 1980 g/mol. The van der Waals surface area contributed by atoms with E-state index in [0.717, 1.165) is 77.7 Å². The van der Waals surface area contributed by atoms with Crippen molar-refractivity contribution in [2.24, 2.45) is 22.7 Å². The second-order valence-electron chi connectivity index (χ2n) is 44.8. The summed E-state index contributed by atoms with van der Waals surface area (Å²) < 4.78 is 55.3. The van der Waals surface area contributed by atoms with Crippen LogP contribution in [0.15, 0.2) is 273 Å². The third-order valence-corrected chi connectivity index (χ3v) is 29.9. The molecule has 13 aromatic rings. The summed E-state index contributed by atoms with van der Waals surface area (Å²) >= 11 is 0. The molecule has 3 aliphatic carbocycles. The van der Waals surface area contributed by atoms with Crippen molar-refractivity contribution < 1.29 is 52.8 Å². The Morgan fingerprint density at radius 2 is 0.664 bits per heavy atom. The van der Waals surface area contributed by atoms with Crippen molar-refractivity contribution in [3.05, 3.63) is 329 Å². The molecule has 3 aliphatic rings. The Hall–Kier alpha value is -10.7. The molecule has 0 aliphatic heterocycles. The Kier molecular flexibility index (Phi) is 46.8. The van der Waals surface area contributed by atoms with Gasteiger partial charge in [-0.1, -0.05) is 393 Å². The fourth-order valence-corrected chi connectivity index (χ4v) is 18.7. The van der Waals surface area contributed by atoms with Crippen LogP contribution in [0.5, 0.6) is 40.2 Å². The summed E-state index contributed by atoms with van der Waals surface area (Å²) in [5, 5.41) is 28.5. The molecular formula is C135H182O11. The normalized spacial score (nSPS) is 16.5. The van der Waals surface area contributed by atoms with E-state index < -0.39 is 0 Å². The Balaban J connectivity index is 0.000000180. The summed E-state index contributed by atoms with van der Waals surface area (Å²) in [6.45, 7) is 59.9. The Morgan fingerprint density at radius 1 is 0.301 bits per heavy atom. The summed E-state index contributed by atoms with van der Waals surface area (Å²) in [5.41, 5.74) is 13.6. The van der Waals surface area contributed by atoms with Crippen molar-refractivity contribution in [3.8, 4) is 40.2 Å². The number of phenols is 2. The van der Waals surface area contributed by atoms with E-state index in [0.29, 0.717) is 90.0 Å². The van der Waals surface area contributed by atoms with E-state index in [1.165, 1.54) is 158 Å². The molecule has 16 rings (SSSR count). The molecule has 788 valence electrons. The lowest BCUT2D eigenvalue weighted by molar-refractivity contribution is -0.169. The molecule has 0 saturated heterocycles. The summed E-state index contributed by atoms with van der Waals surface area (Å²) in [6.07, 6.45) is 19.4. The number of fused-ring (bicyclic) bond motifs is 3. The second-order valence-corrected chi connectivity index (χ2v) is 44.8. The van der Waals surface area contributed by atoms with Crippen LogP contribution in [0.3, 0.4) is 0 Å². The molecule has 11 nitrogen and oxygen atoms in total. The zero-order valence-electron chi connectivity index (χ0n) is 94.2. The first kappa shape index (κ1) is 117. The van der Waals surface area contributed by atoms with Gasteiger partial charge in [-0.2, -0.15) is 0 Å². The first-order valence-electron chi connectivity index (χ1n) is 55.7. The standard InChI is InChI=1S/C33H44O3.C24H34O2.C23H32O2.C17H28O2.C14H16O.C14H14.C10H14O/c1-6-24(2)27-12-13-29-23-31(19-16-28(29)22-27)36-32(33(3,4)5)35-21-20-34-30-17-14-26(15-18-30)25-10-8-7-9-11-25;1-5-18(4)19-11-12-21-16-23(14-13-20(21)15-19)26-24(17(2)3)25-22-9-7-6-8-10-22;1-7-17(2)19-13-15-21(16-14-19)25-22(23(4,5)6)24-18(3)20-11-9-8-10-12-20;1-7-14(6)15-8-10-16(11-9-15)19-17(12(2)3)18-13(4)5;1-3-10(2)11-4-5-13-9-14(15)7-6-12(13)8-11;1-9-10(2)13-8-4-6-11-5-3-7-12(9)14(11)13;1-3-8(2)9-4-6-10(11)7-5-9/h12-19,22-25,32H,6-11,20-21H2,1-5H3;11-18,22,24H,5-10H2,1-4H3;8-18,22H,7H2,1-6H3;8-14,17H,7H2,1-6H3;4-10,15H,3H2,1-2H3;3-10H,1-2H3;4-8,11H,3H2,1-2H3. The van der Waals surface area contributed by atoms with E-state index in [-0.39, 0.29) is 48.2 Å². The Labute approximate surface area is 881 Å². The van der Waals surface area contributed by atoms with Crippen molar-refractivity contribution >= 4 is 43.1 Å². The molecule has 0 radical (unpaired) electrons. The minimum Gasteiger partial charge on any atom is -0.508 e. The third-order valence-electron chi connectivity index (χ3n) is 29.9. The number of aromatic hydroxyl groups is 2. The second kappa shape index (κ2) is 58.3. The Morgan fingerprint density at radius 3 is 1.10 bits per heavy atom. The van der Waals surface area contributed by atoms with Crippen molar-refractivity contribution in [1.82, 2.24) is 0 Å². The quantitative estimate of drug-likeness (QED) is 0.0291. The first-order valence-corrected chi connectivity index (χ1v) is 55.7. The lowest BCUT2D eigenvalue weighted by Gasteiger charge is -2.33. The molecule has 2 saturated carbocycles. The predicted molar refractivity (Wildman–Crippen MR) is 618 cm³/mol. The highest BCUT2D eigenvalue weighted by Gasteiger charge is 2.33. The van der Waals surface area contributed by atoms with E-state index in [1.807, 2.05) is 62.4 Å². The van der Waals surface area contributed by atoms with Crippen LogP contribution in [0.4, 0.5) is 0 Å². The highest BCUT2D eigenvalue weighted by atomic mass is 16.7. The van der Waals surface area contributed by atoms with E-state index in [9.17, 15) is 5.11 Å². The van der Waals surface area contributed by atoms with Gasteiger partial charge in [-0.05, 0) is 322 Å². The van der Waals surface area contributed by atoms with Crippen LogP contribution in [0.1, 0.15) is 405 Å². The van der Waals surface area contributed by atoms with E-state index in [1.54, 1.807) is 24.3 Å². The maximum Gasteiger partial charge on any atom is 0.205 e. The maximum absolute atomic E-state index is 9.35. The van der Waals surface area contributed by atoms with E-state index in [4.69, 9.17) is 47.7 Å². The fraction of sp³-hybridized carbons (Fsp3) is 0.481. The smallest absolute Gasteiger partial charge is 0.205 e. The molecule has 0 aromatic heterocycles. The van der Waals surface area contributed by atoms with E-state index in [2.05, 4.69) is 373 Å². The third kappa shape index (κ3) is 36.1. The molecule has 13 unspecified atom stereocenters. The van der Waals surface area contributed by atoms with Gasteiger partial charge in [0, 0.05) is 22.7 Å². The first-order chi connectivity index (χ1) is 69.9. The van der Waals surface area contributed by atoms with Crippen LogP contribution < -0.4 is 23.7 Å².